The molecule has 11 fully saturated rings. The van der Waals surface area contributed by atoms with E-state index in [9.17, 15) is 117 Å². The first-order valence-corrected chi connectivity index (χ1v) is 37.2. The Kier molecular flexibility index (Phi) is 24.9. The van der Waals surface area contributed by atoms with Gasteiger partial charge in [-0.05, 0) is 104 Å². The third-order valence-electron chi connectivity index (χ3n) is 27.1. The van der Waals surface area contributed by atoms with E-state index in [2.05, 4.69) is 33.8 Å². The van der Waals surface area contributed by atoms with E-state index < -0.39 is 305 Å². The highest BCUT2D eigenvalue weighted by Gasteiger charge is 2.73. The van der Waals surface area contributed by atoms with Crippen LogP contribution in [0, 0.1) is 50.2 Å². The predicted molar refractivity (Wildman–Crippen MR) is 351 cm³/mol. The zero-order valence-corrected chi connectivity index (χ0v) is 61.0. The molecule has 0 radical (unpaired) electrons. The lowest BCUT2D eigenvalue weighted by molar-refractivity contribution is -0.400. The van der Waals surface area contributed by atoms with Gasteiger partial charge in [0.15, 0.2) is 49.9 Å². The summed E-state index contributed by atoms with van der Waals surface area (Å²) in [5, 5.41) is 243. The van der Waals surface area contributed by atoms with Crippen molar-refractivity contribution in [2.24, 2.45) is 50.2 Å². The van der Waals surface area contributed by atoms with E-state index in [-0.39, 0.29) is 24.2 Å². The molecule has 7 saturated heterocycles. The Morgan fingerprint density at radius 2 is 1.03 bits per heavy atom. The number of aliphatic carboxylic acids is 1. The molecule has 0 bridgehead atoms. The number of carbonyl (C=O) groups is 2. The molecule has 0 unspecified atom stereocenters. The molecule has 0 amide bonds. The van der Waals surface area contributed by atoms with E-state index in [1.165, 1.54) is 6.92 Å². The van der Waals surface area contributed by atoms with Crippen LogP contribution in [0.5, 0.6) is 0 Å². The monoisotopic (exact) mass is 1560 g/mol. The molecule has 12 aliphatic rings. The minimum Gasteiger partial charge on any atom is -0.479 e. The maximum atomic E-state index is 15.8. The fourth-order valence-corrected chi connectivity index (χ4v) is 20.5. The summed E-state index contributed by atoms with van der Waals surface area (Å²) in [5.74, 6) is -3.87. The summed E-state index contributed by atoms with van der Waals surface area (Å²) in [6.07, 6.45) is -56.2. The number of hydrogen-bond acceptors (Lipinski definition) is 37. The van der Waals surface area contributed by atoms with Crippen molar-refractivity contribution in [3.63, 3.8) is 0 Å². The summed E-state index contributed by atoms with van der Waals surface area (Å²) >= 11 is 0. The molecule has 0 aromatic heterocycles. The molecular weight excluding hydrogens is 1450 g/mol. The Bertz CT molecular complexity index is 3140. The molecule has 38 heteroatoms. The fraction of sp³-hybridized carbons (Fsp3) is 0.943. The first-order valence-electron chi connectivity index (χ1n) is 37.2. The highest BCUT2D eigenvalue weighted by atomic mass is 16.8. The van der Waals surface area contributed by atoms with Crippen molar-refractivity contribution in [3.05, 3.63) is 11.6 Å². The lowest BCUT2D eigenvalue weighted by Crippen LogP contribution is -2.71. The summed E-state index contributed by atoms with van der Waals surface area (Å²) in [7, 11) is 0. The molecule has 0 aromatic rings. The Hall–Kier alpha value is -2.68. The number of carboxylic acids is 1. The molecule has 0 spiro atoms. The Balaban J connectivity index is 0.785. The van der Waals surface area contributed by atoms with Crippen LogP contribution in [0.3, 0.4) is 0 Å². The van der Waals surface area contributed by atoms with Gasteiger partial charge in [0.05, 0.1) is 70.0 Å². The maximum Gasteiger partial charge on any atom is 0.335 e. The highest BCUT2D eigenvalue weighted by Crippen LogP contribution is 2.76. The standard InChI is InChI=1S/C70H112O38/c1-25-47(101-56-46(89)48(29(77)21-95-56)102-62-53(90)70(94,23-75)24-96-62)41(84)44(87)57(97-25)105-51-40(83)37(80)32(20-73)100-60(51)108-63(93)69-14-12-64(2,3)16-27(69)26-8-9-34-65(4)17-28(76)54(66(5,22-74)33(65)10-11-68(34,7)67(26,6)13-15-69)107-61-52(106-59-43(86)39(82)36(79)31(19-72)99-59)49(45(88)50(104-61)55(91)92)103-58-42(85)38(81)35(78)30(18-71)98-58/h8,25,27-54,56-62,71-90,94H,9-24H2,1-7H3,(H,91,92)/t25-,27-,28-,29+,30+,31+,32+,33+,34+,35+,36+,37+,38-,39-,40-,41-,42+,43+,44+,45-,46+,47-,48-,49-,50-,51+,52+,53-,54-,56-,57-,58-,59-,60-,61-,62-,65-,66-,67+,68+,69-,70-/m0/s1. The topological polar surface area (TPSA) is 608 Å². The predicted octanol–water partition coefficient (Wildman–Crippen LogP) is -8.22. The normalized spacial score (nSPS) is 54.5. The van der Waals surface area contributed by atoms with Gasteiger partial charge < -0.3 is 179 Å². The molecule has 620 valence electrons. The van der Waals surface area contributed by atoms with Crippen LogP contribution in [0.25, 0.3) is 0 Å². The number of aliphatic hydroxyl groups is 21. The molecule has 5 aliphatic carbocycles. The van der Waals surface area contributed by atoms with Crippen LogP contribution in [0.1, 0.15) is 106 Å². The van der Waals surface area contributed by atoms with Crippen molar-refractivity contribution < 1.29 is 188 Å². The van der Waals surface area contributed by atoms with Gasteiger partial charge in [-0.15, -0.1) is 0 Å². The molecule has 7 aliphatic heterocycles. The number of esters is 1. The zero-order valence-electron chi connectivity index (χ0n) is 61.0. The van der Waals surface area contributed by atoms with E-state index >= 15 is 4.79 Å². The SMILES string of the molecule is C[C@@H]1O[C@@H](O[C@H]2[C@H](OC(=O)[C@]34CCC(C)(C)C[C@H]3C3=CC[C@@H]5[C@@]6(C)C[C@H](O)[C@H](O[C@@H]7O[C@H](C(=O)O)[C@@H](O)[C@H](O[C@@H]8O[C@H](CO)[C@@H](O)[C@H](O)[C@H]8O)[C@H]7O[C@@H]7O[C@H](CO)[C@@H](O)[C@H](O)[C@H]7O)[C@@](C)(CO)[C@@H]6CC[C@@]5(C)[C@]3(C)CC4)O[C@H](CO)[C@@H](O)[C@@H]2O)[C@H](O)[C@H](O)[C@H]1O[C@@H]1OC[C@@H](O)[C@H](O[C@@H]2OC[C@@](O)(CO)[C@H]2O)[C@H]1O. The molecule has 42 atom stereocenters. The molecular formula is C70H112O38. The van der Waals surface area contributed by atoms with Crippen molar-refractivity contribution in [1.29, 1.82) is 0 Å². The van der Waals surface area contributed by atoms with Crippen molar-refractivity contribution in [3.8, 4) is 0 Å². The van der Waals surface area contributed by atoms with E-state index in [4.69, 9.17) is 66.3 Å². The first-order chi connectivity index (χ1) is 50.7. The van der Waals surface area contributed by atoms with Gasteiger partial charge in [-0.25, -0.2) is 4.79 Å². The molecule has 7 heterocycles. The first kappa shape index (κ1) is 84.7. The molecule has 38 nitrogen and oxygen atoms in total. The molecule has 0 aromatic carbocycles. The zero-order chi connectivity index (χ0) is 78.9. The van der Waals surface area contributed by atoms with E-state index in [0.29, 0.717) is 44.9 Å². The second-order valence-electron chi connectivity index (χ2n) is 34.0. The van der Waals surface area contributed by atoms with Crippen molar-refractivity contribution >= 4 is 11.9 Å². The second-order valence-corrected chi connectivity index (χ2v) is 34.0. The summed E-state index contributed by atoms with van der Waals surface area (Å²) in [5.41, 5.74) is -6.40. The van der Waals surface area contributed by atoms with Crippen LogP contribution in [-0.4, -0.2) is 379 Å². The van der Waals surface area contributed by atoms with E-state index in [0.717, 1.165) is 5.57 Å². The van der Waals surface area contributed by atoms with Crippen LogP contribution < -0.4 is 0 Å². The molecule has 22 N–H and O–H groups in total. The van der Waals surface area contributed by atoms with Crippen LogP contribution in [-0.2, 0) is 75.9 Å². The maximum absolute atomic E-state index is 15.8. The van der Waals surface area contributed by atoms with Gasteiger partial charge in [-0.1, -0.05) is 53.2 Å². The van der Waals surface area contributed by atoms with Gasteiger partial charge in [-0.2, -0.15) is 0 Å². The number of aliphatic hydroxyl groups excluding tert-OH is 20. The summed E-state index contributed by atoms with van der Waals surface area (Å²) in [6, 6.07) is 0. The Labute approximate surface area is 621 Å². The second kappa shape index (κ2) is 31.7. The largest absolute Gasteiger partial charge is 0.479 e. The minimum absolute atomic E-state index is 0.0209. The number of rotatable bonds is 20. The van der Waals surface area contributed by atoms with Crippen LogP contribution in [0.4, 0.5) is 0 Å². The summed E-state index contributed by atoms with van der Waals surface area (Å²) < 4.78 is 83.4. The Morgan fingerprint density at radius 1 is 0.491 bits per heavy atom. The van der Waals surface area contributed by atoms with Crippen molar-refractivity contribution in [2.75, 3.05) is 46.2 Å². The van der Waals surface area contributed by atoms with Gasteiger partial charge >= 0.3 is 11.9 Å². The molecule has 12 rings (SSSR count). The van der Waals surface area contributed by atoms with Crippen LogP contribution >= 0.6 is 0 Å². The number of carbonyl (C=O) groups excluding carboxylic acids is 1. The van der Waals surface area contributed by atoms with Gasteiger partial charge in [-0.3, -0.25) is 4.79 Å². The van der Waals surface area contributed by atoms with Crippen molar-refractivity contribution in [2.45, 2.75) is 315 Å². The highest BCUT2D eigenvalue weighted by molar-refractivity contribution is 5.79. The average Bonchev–Trinajstić information content (AvgIpc) is 0.697. The van der Waals surface area contributed by atoms with Crippen molar-refractivity contribution in [1.82, 2.24) is 0 Å². The summed E-state index contributed by atoms with van der Waals surface area (Å²) in [6.45, 7) is 8.28. The quantitative estimate of drug-likeness (QED) is 0.0306. The third kappa shape index (κ3) is 14.4. The number of fused-ring (bicyclic) bond motifs is 7. The Morgan fingerprint density at radius 3 is 1.61 bits per heavy atom. The van der Waals surface area contributed by atoms with Gasteiger partial charge in [0, 0.05) is 5.41 Å². The third-order valence-corrected chi connectivity index (χ3v) is 27.1. The average molecular weight is 1560 g/mol. The number of allylic oxidation sites excluding steroid dienone is 2. The fourth-order valence-electron chi connectivity index (χ4n) is 20.5. The van der Waals surface area contributed by atoms with E-state index in [1.54, 1.807) is 6.92 Å². The van der Waals surface area contributed by atoms with E-state index in [1.807, 2.05) is 6.92 Å². The lowest BCUT2D eigenvalue weighted by Gasteiger charge is -2.72. The summed E-state index contributed by atoms with van der Waals surface area (Å²) in [4.78, 5) is 28.8. The number of carboxylic acid groups (broad SMARTS) is 1. The van der Waals surface area contributed by atoms with Gasteiger partial charge in [0.2, 0.25) is 6.29 Å². The minimum atomic E-state index is -2.33. The van der Waals surface area contributed by atoms with Gasteiger partial charge in [0.25, 0.3) is 0 Å². The van der Waals surface area contributed by atoms with Crippen LogP contribution in [0.15, 0.2) is 11.6 Å². The number of hydrogen-bond donors (Lipinski definition) is 22. The van der Waals surface area contributed by atoms with Gasteiger partial charge in [0.1, 0.15) is 134 Å². The molecule has 4 saturated carbocycles. The van der Waals surface area contributed by atoms with Crippen LogP contribution in [0.2, 0.25) is 0 Å². The lowest BCUT2D eigenvalue weighted by atomic mass is 9.33. The molecule has 108 heavy (non-hydrogen) atoms. The number of ether oxygens (including phenoxy) is 14. The smallest absolute Gasteiger partial charge is 0.335 e.